The van der Waals surface area contributed by atoms with Crippen LogP contribution in [0.3, 0.4) is 0 Å². The maximum atomic E-state index is 11.9. The fraction of sp³-hybridized carbons (Fsp3) is 0.857. The van der Waals surface area contributed by atoms with Crippen LogP contribution in [-0.2, 0) is 14.3 Å². The van der Waals surface area contributed by atoms with Gasteiger partial charge in [-0.25, -0.2) is 0 Å². The van der Waals surface area contributed by atoms with Gasteiger partial charge in [0.05, 0.1) is 7.11 Å². The summed E-state index contributed by atoms with van der Waals surface area (Å²) >= 11 is 0. The second-order valence-electron chi connectivity index (χ2n) is 4.89. The molecule has 0 spiro atoms. The average molecular weight is 272 g/mol. The molecule has 2 N–H and O–H groups in total. The third-order valence-corrected chi connectivity index (χ3v) is 3.45. The molecule has 19 heavy (non-hydrogen) atoms. The first kappa shape index (κ1) is 17.9. The Morgan fingerprint density at radius 1 is 1.26 bits per heavy atom. The zero-order valence-corrected chi connectivity index (χ0v) is 12.5. The van der Waals surface area contributed by atoms with Crippen LogP contribution in [0.25, 0.3) is 0 Å². The Bertz CT molecular complexity index is 269. The summed E-state index contributed by atoms with van der Waals surface area (Å²) in [5.74, 6) is 0.451. The van der Waals surface area contributed by atoms with Crippen LogP contribution < -0.4 is 5.73 Å². The van der Waals surface area contributed by atoms with Crippen LogP contribution in [0.2, 0.25) is 0 Å². The van der Waals surface area contributed by atoms with Crippen molar-refractivity contribution in [3.05, 3.63) is 0 Å². The highest BCUT2D eigenvalue weighted by Crippen LogP contribution is 2.15. The quantitative estimate of drug-likeness (QED) is 0.612. The number of carbonyl (C=O) groups excluding carboxylic acids is 2. The molecule has 0 aromatic heterocycles. The van der Waals surface area contributed by atoms with Gasteiger partial charge >= 0.3 is 5.97 Å². The molecule has 0 fully saturated rings. The summed E-state index contributed by atoms with van der Waals surface area (Å²) in [5.41, 5.74) is 5.54. The van der Waals surface area contributed by atoms with E-state index in [0.717, 1.165) is 19.3 Å². The van der Waals surface area contributed by atoms with Crippen molar-refractivity contribution >= 4 is 11.9 Å². The Morgan fingerprint density at radius 3 is 2.47 bits per heavy atom. The summed E-state index contributed by atoms with van der Waals surface area (Å²) in [4.78, 5) is 24.5. The summed E-state index contributed by atoms with van der Waals surface area (Å²) in [6.45, 7) is 3.41. The molecule has 0 aromatic carbocycles. The summed E-state index contributed by atoms with van der Waals surface area (Å²) in [7, 11) is 3.16. The van der Waals surface area contributed by atoms with Crippen LogP contribution in [0.4, 0.5) is 0 Å². The fourth-order valence-corrected chi connectivity index (χ4v) is 1.99. The standard InChI is InChI=1S/C14H28N2O3/c1-4-12(9-10-15)7-8-13(17)16(2)11-5-6-14(18)19-3/h12H,4-11,15H2,1-3H3. The van der Waals surface area contributed by atoms with Crippen molar-refractivity contribution in [2.24, 2.45) is 11.7 Å². The van der Waals surface area contributed by atoms with Gasteiger partial charge in [-0.2, -0.15) is 0 Å². The third kappa shape index (κ3) is 8.59. The van der Waals surface area contributed by atoms with Gasteiger partial charge in [0, 0.05) is 26.4 Å². The van der Waals surface area contributed by atoms with Gasteiger partial charge < -0.3 is 15.4 Å². The van der Waals surface area contributed by atoms with Gasteiger partial charge in [0.25, 0.3) is 0 Å². The van der Waals surface area contributed by atoms with Gasteiger partial charge in [0.15, 0.2) is 0 Å². The minimum Gasteiger partial charge on any atom is -0.469 e. The van der Waals surface area contributed by atoms with E-state index in [1.54, 1.807) is 11.9 Å². The van der Waals surface area contributed by atoms with E-state index in [4.69, 9.17) is 5.73 Å². The summed E-state index contributed by atoms with van der Waals surface area (Å²) in [6.07, 6.45) is 4.52. The smallest absolute Gasteiger partial charge is 0.305 e. The number of amides is 1. The fourth-order valence-electron chi connectivity index (χ4n) is 1.99. The molecule has 0 bridgehead atoms. The number of carbonyl (C=O) groups is 2. The van der Waals surface area contributed by atoms with Gasteiger partial charge in [-0.15, -0.1) is 0 Å². The van der Waals surface area contributed by atoms with E-state index in [-0.39, 0.29) is 11.9 Å². The van der Waals surface area contributed by atoms with Crippen LogP contribution in [0.1, 0.15) is 45.4 Å². The lowest BCUT2D eigenvalue weighted by Crippen LogP contribution is -2.28. The number of rotatable bonds is 10. The first-order valence-corrected chi connectivity index (χ1v) is 7.05. The number of ether oxygens (including phenoxy) is 1. The third-order valence-electron chi connectivity index (χ3n) is 3.45. The Labute approximate surface area is 116 Å². The molecule has 1 amide bonds. The van der Waals surface area contributed by atoms with E-state index in [0.29, 0.717) is 38.3 Å². The molecule has 0 aliphatic carbocycles. The zero-order valence-electron chi connectivity index (χ0n) is 12.5. The molecule has 0 aliphatic heterocycles. The van der Waals surface area contributed by atoms with Crippen LogP contribution in [0.15, 0.2) is 0 Å². The maximum absolute atomic E-state index is 11.9. The predicted octanol–water partition coefficient (Wildman–Crippen LogP) is 1.55. The van der Waals surface area contributed by atoms with E-state index < -0.39 is 0 Å². The van der Waals surface area contributed by atoms with Crippen molar-refractivity contribution in [1.82, 2.24) is 4.90 Å². The Kier molecular flexibility index (Phi) is 10.2. The Balaban J connectivity index is 3.83. The number of methoxy groups -OCH3 is 1. The molecule has 1 unspecified atom stereocenters. The molecule has 0 aliphatic rings. The normalized spacial score (nSPS) is 12.0. The average Bonchev–Trinajstić information content (AvgIpc) is 2.42. The lowest BCUT2D eigenvalue weighted by molar-refractivity contribution is -0.141. The molecule has 112 valence electrons. The molecule has 0 aromatic rings. The molecule has 0 saturated heterocycles. The molecule has 0 rings (SSSR count). The van der Waals surface area contributed by atoms with E-state index in [2.05, 4.69) is 11.7 Å². The Hall–Kier alpha value is -1.10. The maximum Gasteiger partial charge on any atom is 0.305 e. The number of hydrogen-bond acceptors (Lipinski definition) is 4. The second kappa shape index (κ2) is 10.8. The van der Waals surface area contributed by atoms with Crippen molar-refractivity contribution in [3.63, 3.8) is 0 Å². The highest BCUT2D eigenvalue weighted by molar-refractivity contribution is 5.76. The van der Waals surface area contributed by atoms with Crippen molar-refractivity contribution in [3.8, 4) is 0 Å². The van der Waals surface area contributed by atoms with Crippen LogP contribution in [-0.4, -0.2) is 44.0 Å². The Morgan fingerprint density at radius 2 is 1.95 bits per heavy atom. The number of hydrogen-bond donors (Lipinski definition) is 1. The summed E-state index contributed by atoms with van der Waals surface area (Å²) in [6, 6.07) is 0. The highest BCUT2D eigenvalue weighted by atomic mass is 16.5. The SMILES string of the molecule is CCC(CCN)CCC(=O)N(C)CCCC(=O)OC. The van der Waals surface area contributed by atoms with Crippen molar-refractivity contribution in [1.29, 1.82) is 0 Å². The lowest BCUT2D eigenvalue weighted by Gasteiger charge is -2.19. The van der Waals surface area contributed by atoms with E-state index in [9.17, 15) is 9.59 Å². The first-order valence-electron chi connectivity index (χ1n) is 7.05. The number of nitrogens with two attached hydrogens (primary N) is 1. The van der Waals surface area contributed by atoms with Gasteiger partial charge in [-0.05, 0) is 31.7 Å². The summed E-state index contributed by atoms with van der Waals surface area (Å²) in [5, 5.41) is 0. The molecule has 1 atom stereocenters. The molecular formula is C14H28N2O3. The molecule has 5 nitrogen and oxygen atoms in total. The molecular weight excluding hydrogens is 244 g/mol. The second-order valence-corrected chi connectivity index (χ2v) is 4.89. The zero-order chi connectivity index (χ0) is 14.7. The topological polar surface area (TPSA) is 72.6 Å². The minimum atomic E-state index is -0.227. The molecule has 0 radical (unpaired) electrons. The van der Waals surface area contributed by atoms with E-state index >= 15 is 0 Å². The molecule has 5 heteroatoms. The van der Waals surface area contributed by atoms with Gasteiger partial charge in [0.1, 0.15) is 0 Å². The van der Waals surface area contributed by atoms with Gasteiger partial charge in [0.2, 0.25) is 5.91 Å². The van der Waals surface area contributed by atoms with Crippen LogP contribution in [0.5, 0.6) is 0 Å². The first-order chi connectivity index (χ1) is 9.04. The van der Waals surface area contributed by atoms with E-state index in [1.165, 1.54) is 7.11 Å². The van der Waals surface area contributed by atoms with Crippen LogP contribution in [0, 0.1) is 5.92 Å². The van der Waals surface area contributed by atoms with Crippen LogP contribution >= 0.6 is 0 Å². The van der Waals surface area contributed by atoms with Gasteiger partial charge in [-0.3, -0.25) is 9.59 Å². The summed E-state index contributed by atoms with van der Waals surface area (Å²) < 4.78 is 4.56. The van der Waals surface area contributed by atoms with Crippen molar-refractivity contribution < 1.29 is 14.3 Å². The van der Waals surface area contributed by atoms with E-state index in [1.807, 2.05) is 0 Å². The number of nitrogens with zero attached hydrogens (tertiary/aromatic N) is 1. The highest BCUT2D eigenvalue weighted by Gasteiger charge is 2.12. The van der Waals surface area contributed by atoms with Crippen molar-refractivity contribution in [2.75, 3.05) is 27.2 Å². The largest absolute Gasteiger partial charge is 0.469 e. The number of esters is 1. The van der Waals surface area contributed by atoms with Gasteiger partial charge in [-0.1, -0.05) is 13.3 Å². The lowest BCUT2D eigenvalue weighted by atomic mass is 9.96. The molecule has 0 saturated carbocycles. The predicted molar refractivity (Wildman–Crippen MR) is 75.6 cm³/mol. The monoisotopic (exact) mass is 272 g/mol. The minimum absolute atomic E-state index is 0.139. The van der Waals surface area contributed by atoms with Crippen molar-refractivity contribution in [2.45, 2.75) is 45.4 Å². The molecule has 0 heterocycles.